The highest BCUT2D eigenvalue weighted by atomic mass is 15.3. The minimum absolute atomic E-state index is 0.401. The molecule has 1 atom stereocenters. The van der Waals surface area contributed by atoms with Gasteiger partial charge in [-0.3, -0.25) is 4.90 Å². The predicted octanol–water partition coefficient (Wildman–Crippen LogP) is 3.36. The van der Waals surface area contributed by atoms with E-state index < -0.39 is 0 Å². The molecule has 3 rings (SSSR count). The maximum atomic E-state index is 4.25. The Balaban J connectivity index is 2.03. The van der Waals surface area contributed by atoms with Crippen molar-refractivity contribution in [1.29, 1.82) is 0 Å². The zero-order chi connectivity index (χ0) is 10.9. The minimum atomic E-state index is 0.401. The summed E-state index contributed by atoms with van der Waals surface area (Å²) in [6.45, 7) is 12.7. The lowest BCUT2D eigenvalue weighted by Gasteiger charge is -2.45. The number of hydrogen-bond acceptors (Lipinski definition) is 1. The Bertz CT molecular complexity index is 319. The van der Waals surface area contributed by atoms with Crippen LogP contribution < -0.4 is 0 Å². The van der Waals surface area contributed by atoms with Gasteiger partial charge in [-0.05, 0) is 37.5 Å². The maximum Gasteiger partial charge on any atom is 0.0304 e. The van der Waals surface area contributed by atoms with E-state index in [0.717, 1.165) is 0 Å². The van der Waals surface area contributed by atoms with Crippen LogP contribution in [-0.2, 0) is 0 Å². The van der Waals surface area contributed by atoms with Gasteiger partial charge in [-0.25, -0.2) is 0 Å². The van der Waals surface area contributed by atoms with Crippen molar-refractivity contribution in [3.63, 3.8) is 0 Å². The Morgan fingerprint density at radius 2 is 1.73 bits per heavy atom. The number of fused-ring (bicyclic) bond motifs is 2. The Morgan fingerprint density at radius 1 is 1.13 bits per heavy atom. The third-order valence-electron chi connectivity index (χ3n) is 5.24. The SMILES string of the molecule is C=C1CN2C3(CC3)CCC2(C(C)(C)C)C1. The molecule has 2 aliphatic heterocycles. The highest BCUT2D eigenvalue weighted by Gasteiger charge is 2.65. The summed E-state index contributed by atoms with van der Waals surface area (Å²) in [6.07, 6.45) is 6.97. The van der Waals surface area contributed by atoms with Crippen LogP contribution >= 0.6 is 0 Å². The van der Waals surface area contributed by atoms with Crippen LogP contribution in [0.2, 0.25) is 0 Å². The van der Waals surface area contributed by atoms with Crippen molar-refractivity contribution in [1.82, 2.24) is 4.90 Å². The molecule has 0 amide bonds. The first-order valence-electron chi connectivity index (χ1n) is 6.34. The molecule has 3 aliphatic rings. The second-order valence-electron chi connectivity index (χ2n) is 7.02. The van der Waals surface area contributed by atoms with Gasteiger partial charge in [0, 0.05) is 17.6 Å². The average Bonchev–Trinajstić information content (AvgIpc) is 2.71. The van der Waals surface area contributed by atoms with Crippen LogP contribution in [0.3, 0.4) is 0 Å². The molecule has 15 heavy (non-hydrogen) atoms. The molecule has 0 bridgehead atoms. The summed E-state index contributed by atoms with van der Waals surface area (Å²) < 4.78 is 0. The molecule has 0 N–H and O–H groups in total. The molecule has 0 aromatic carbocycles. The topological polar surface area (TPSA) is 3.24 Å². The van der Waals surface area contributed by atoms with Crippen LogP contribution in [0, 0.1) is 5.41 Å². The fourth-order valence-electron chi connectivity index (χ4n) is 4.07. The highest BCUT2D eigenvalue weighted by molar-refractivity contribution is 5.28. The van der Waals surface area contributed by atoms with E-state index >= 15 is 0 Å². The standard InChI is InChI=1S/C14H23N/c1-11-9-14(12(2,3)4)8-7-13(5-6-13)15(14)10-11/h1,5-10H2,2-4H3. The van der Waals surface area contributed by atoms with Gasteiger partial charge >= 0.3 is 0 Å². The minimum Gasteiger partial charge on any atom is -0.287 e. The first-order chi connectivity index (χ1) is 6.90. The Labute approximate surface area is 93.5 Å². The van der Waals surface area contributed by atoms with E-state index in [-0.39, 0.29) is 0 Å². The zero-order valence-electron chi connectivity index (χ0n) is 10.4. The first-order valence-corrected chi connectivity index (χ1v) is 6.34. The van der Waals surface area contributed by atoms with Crippen molar-refractivity contribution in [2.45, 2.75) is 64.0 Å². The fourth-order valence-corrected chi connectivity index (χ4v) is 4.07. The van der Waals surface area contributed by atoms with Crippen molar-refractivity contribution < 1.29 is 0 Å². The second-order valence-corrected chi connectivity index (χ2v) is 7.02. The van der Waals surface area contributed by atoms with Crippen molar-refractivity contribution in [3.05, 3.63) is 12.2 Å². The summed E-state index contributed by atoms with van der Waals surface area (Å²) in [7, 11) is 0. The number of hydrogen-bond donors (Lipinski definition) is 0. The lowest BCUT2D eigenvalue weighted by molar-refractivity contribution is 0.0357. The van der Waals surface area contributed by atoms with E-state index in [0.29, 0.717) is 16.5 Å². The Kier molecular flexibility index (Phi) is 1.65. The smallest absolute Gasteiger partial charge is 0.0304 e. The molecule has 1 aliphatic carbocycles. The molecule has 0 radical (unpaired) electrons. The van der Waals surface area contributed by atoms with Crippen LogP contribution in [0.1, 0.15) is 52.9 Å². The number of nitrogens with zero attached hydrogens (tertiary/aromatic N) is 1. The zero-order valence-corrected chi connectivity index (χ0v) is 10.4. The summed E-state index contributed by atoms with van der Waals surface area (Å²) >= 11 is 0. The van der Waals surface area contributed by atoms with Gasteiger partial charge in [0.1, 0.15) is 0 Å². The maximum absolute atomic E-state index is 4.25. The fraction of sp³-hybridized carbons (Fsp3) is 0.857. The number of rotatable bonds is 0. The molecule has 0 aromatic rings. The van der Waals surface area contributed by atoms with Gasteiger partial charge in [-0.1, -0.05) is 32.9 Å². The van der Waals surface area contributed by atoms with Crippen LogP contribution in [0.25, 0.3) is 0 Å². The molecule has 2 saturated heterocycles. The van der Waals surface area contributed by atoms with Gasteiger partial charge in [-0.15, -0.1) is 0 Å². The first kappa shape index (κ1) is 9.89. The van der Waals surface area contributed by atoms with Crippen molar-refractivity contribution in [3.8, 4) is 0 Å². The van der Waals surface area contributed by atoms with E-state index in [1.54, 1.807) is 0 Å². The third kappa shape index (κ3) is 1.08. The molecule has 0 aromatic heterocycles. The van der Waals surface area contributed by atoms with Gasteiger partial charge in [0.25, 0.3) is 0 Å². The summed E-state index contributed by atoms with van der Waals surface area (Å²) in [6, 6.07) is 0. The average molecular weight is 205 g/mol. The largest absolute Gasteiger partial charge is 0.287 e. The molecule has 1 saturated carbocycles. The summed E-state index contributed by atoms with van der Waals surface area (Å²) in [5.74, 6) is 0. The molecule has 1 heteroatoms. The van der Waals surface area contributed by atoms with Gasteiger partial charge < -0.3 is 0 Å². The van der Waals surface area contributed by atoms with Gasteiger partial charge in [-0.2, -0.15) is 0 Å². The summed E-state index contributed by atoms with van der Waals surface area (Å²) in [5, 5.41) is 0. The second kappa shape index (κ2) is 2.51. The van der Waals surface area contributed by atoms with E-state index in [4.69, 9.17) is 0 Å². The van der Waals surface area contributed by atoms with Crippen molar-refractivity contribution in [2.75, 3.05) is 6.54 Å². The predicted molar refractivity (Wildman–Crippen MR) is 63.8 cm³/mol. The molecule has 3 fully saturated rings. The lowest BCUT2D eigenvalue weighted by atomic mass is 9.71. The van der Waals surface area contributed by atoms with Gasteiger partial charge in [0.2, 0.25) is 0 Å². The molecular weight excluding hydrogens is 182 g/mol. The van der Waals surface area contributed by atoms with Crippen LogP contribution in [0.4, 0.5) is 0 Å². The normalized spacial score (nSPS) is 38.7. The Hall–Kier alpha value is -0.300. The van der Waals surface area contributed by atoms with Gasteiger partial charge in [0.05, 0.1) is 0 Å². The van der Waals surface area contributed by atoms with E-state index in [2.05, 4.69) is 32.3 Å². The van der Waals surface area contributed by atoms with Crippen molar-refractivity contribution in [2.24, 2.45) is 5.41 Å². The van der Waals surface area contributed by atoms with E-state index in [1.807, 2.05) is 0 Å². The third-order valence-corrected chi connectivity index (χ3v) is 5.24. The van der Waals surface area contributed by atoms with E-state index in [9.17, 15) is 0 Å². The van der Waals surface area contributed by atoms with Crippen LogP contribution in [0.15, 0.2) is 12.2 Å². The quantitative estimate of drug-likeness (QED) is 0.548. The Morgan fingerprint density at radius 3 is 2.27 bits per heavy atom. The van der Waals surface area contributed by atoms with Crippen LogP contribution in [-0.4, -0.2) is 22.5 Å². The summed E-state index contributed by atoms with van der Waals surface area (Å²) in [4.78, 5) is 2.84. The van der Waals surface area contributed by atoms with Crippen molar-refractivity contribution >= 4 is 0 Å². The lowest BCUT2D eigenvalue weighted by Crippen LogP contribution is -2.52. The summed E-state index contributed by atoms with van der Waals surface area (Å²) in [5.41, 5.74) is 2.93. The molecule has 1 nitrogen and oxygen atoms in total. The van der Waals surface area contributed by atoms with Crippen LogP contribution in [0.5, 0.6) is 0 Å². The van der Waals surface area contributed by atoms with E-state index in [1.165, 1.54) is 44.2 Å². The molecular formula is C14H23N. The highest BCUT2D eigenvalue weighted by Crippen LogP contribution is 2.64. The molecule has 1 unspecified atom stereocenters. The van der Waals surface area contributed by atoms with Gasteiger partial charge in [0.15, 0.2) is 0 Å². The molecule has 84 valence electrons. The molecule has 2 heterocycles. The monoisotopic (exact) mass is 205 g/mol. The molecule has 1 spiro atoms.